The summed E-state index contributed by atoms with van der Waals surface area (Å²) in [6.07, 6.45) is 8.48. The molecule has 0 saturated carbocycles. The quantitative estimate of drug-likeness (QED) is 0.816. The highest BCUT2D eigenvalue weighted by Gasteiger charge is 2.31. The van der Waals surface area contributed by atoms with Crippen molar-refractivity contribution in [2.24, 2.45) is 5.92 Å². The number of nitrogens with zero attached hydrogens (tertiary/aromatic N) is 3. The molecular weight excluding hydrogens is 302 g/mol. The van der Waals surface area contributed by atoms with Crippen LogP contribution in [0.5, 0.6) is 0 Å². The van der Waals surface area contributed by atoms with E-state index in [1.807, 2.05) is 17.1 Å². The van der Waals surface area contributed by atoms with Crippen LogP contribution in [0.3, 0.4) is 0 Å². The number of H-pyrrole nitrogens is 1. The molecule has 0 radical (unpaired) electrons. The van der Waals surface area contributed by atoms with Gasteiger partial charge in [0.1, 0.15) is 11.6 Å². The van der Waals surface area contributed by atoms with Gasteiger partial charge in [0.25, 0.3) is 0 Å². The van der Waals surface area contributed by atoms with Gasteiger partial charge in [0.15, 0.2) is 0 Å². The van der Waals surface area contributed by atoms with Crippen molar-refractivity contribution in [2.75, 3.05) is 5.32 Å². The SMILES string of the molecule is CCCCc1ncc([C@@H]2CC(=O)Nc3c2cnn3CCC(C)C)[nH]1. The number of nitrogens with one attached hydrogen (secondary N) is 2. The van der Waals surface area contributed by atoms with Crippen molar-refractivity contribution in [3.63, 3.8) is 0 Å². The van der Waals surface area contributed by atoms with Crippen LogP contribution in [0.2, 0.25) is 0 Å². The minimum absolute atomic E-state index is 0.0180. The van der Waals surface area contributed by atoms with Crippen LogP contribution in [0.25, 0.3) is 0 Å². The number of hydrogen-bond donors (Lipinski definition) is 2. The lowest BCUT2D eigenvalue weighted by molar-refractivity contribution is -0.116. The van der Waals surface area contributed by atoms with E-state index in [0.29, 0.717) is 12.3 Å². The summed E-state index contributed by atoms with van der Waals surface area (Å²) in [5.74, 6) is 2.52. The number of aryl methyl sites for hydroxylation is 2. The molecule has 24 heavy (non-hydrogen) atoms. The highest BCUT2D eigenvalue weighted by molar-refractivity contribution is 5.94. The van der Waals surface area contributed by atoms with Gasteiger partial charge in [-0.2, -0.15) is 5.10 Å². The van der Waals surface area contributed by atoms with E-state index >= 15 is 0 Å². The number of rotatable bonds is 7. The van der Waals surface area contributed by atoms with Crippen LogP contribution in [-0.2, 0) is 17.8 Å². The summed E-state index contributed by atoms with van der Waals surface area (Å²) in [4.78, 5) is 20.1. The molecule has 1 aliphatic heterocycles. The molecule has 0 saturated heterocycles. The zero-order chi connectivity index (χ0) is 17.1. The summed E-state index contributed by atoms with van der Waals surface area (Å²) in [6.45, 7) is 7.39. The van der Waals surface area contributed by atoms with Crippen molar-refractivity contribution in [3.8, 4) is 0 Å². The Labute approximate surface area is 143 Å². The minimum Gasteiger partial charge on any atom is -0.345 e. The number of amides is 1. The van der Waals surface area contributed by atoms with Gasteiger partial charge in [-0.05, 0) is 18.8 Å². The van der Waals surface area contributed by atoms with Crippen molar-refractivity contribution >= 4 is 11.7 Å². The molecule has 0 spiro atoms. The number of fused-ring (bicyclic) bond motifs is 1. The summed E-state index contributed by atoms with van der Waals surface area (Å²) >= 11 is 0. The predicted octanol–water partition coefficient (Wildman–Crippen LogP) is 3.47. The Hall–Kier alpha value is -2.11. The molecule has 1 amide bonds. The molecule has 0 bridgehead atoms. The van der Waals surface area contributed by atoms with E-state index in [9.17, 15) is 4.79 Å². The lowest BCUT2D eigenvalue weighted by atomic mass is 9.91. The normalized spacial score (nSPS) is 17.2. The van der Waals surface area contributed by atoms with Crippen LogP contribution >= 0.6 is 0 Å². The number of carbonyl (C=O) groups is 1. The Kier molecular flexibility index (Phi) is 5.02. The fourth-order valence-corrected chi connectivity index (χ4v) is 3.12. The van der Waals surface area contributed by atoms with Gasteiger partial charge in [-0.1, -0.05) is 27.2 Å². The van der Waals surface area contributed by atoms with Gasteiger partial charge < -0.3 is 10.3 Å². The Morgan fingerprint density at radius 3 is 2.96 bits per heavy atom. The number of carbonyl (C=O) groups excluding carboxylic acids is 1. The number of imidazole rings is 1. The number of aromatic amines is 1. The fraction of sp³-hybridized carbons (Fsp3) is 0.611. The number of unbranched alkanes of at least 4 members (excludes halogenated alkanes) is 1. The molecule has 3 rings (SSSR count). The first kappa shape index (κ1) is 16.7. The van der Waals surface area contributed by atoms with Crippen molar-refractivity contribution in [1.82, 2.24) is 19.7 Å². The molecule has 1 atom stereocenters. The van der Waals surface area contributed by atoms with Gasteiger partial charge >= 0.3 is 0 Å². The first-order valence-electron chi connectivity index (χ1n) is 8.97. The average molecular weight is 329 g/mol. The summed E-state index contributed by atoms with van der Waals surface area (Å²) in [5.41, 5.74) is 2.10. The number of aromatic nitrogens is 4. The fourth-order valence-electron chi connectivity index (χ4n) is 3.12. The Balaban J connectivity index is 1.83. The molecule has 2 aromatic heterocycles. The summed E-state index contributed by atoms with van der Waals surface area (Å²) in [6, 6.07) is 0. The molecule has 6 heteroatoms. The molecule has 6 nitrogen and oxygen atoms in total. The van der Waals surface area contributed by atoms with E-state index < -0.39 is 0 Å². The van der Waals surface area contributed by atoms with Crippen molar-refractivity contribution < 1.29 is 4.79 Å². The monoisotopic (exact) mass is 329 g/mol. The van der Waals surface area contributed by atoms with Gasteiger partial charge in [0.05, 0.1) is 6.20 Å². The van der Waals surface area contributed by atoms with Crippen molar-refractivity contribution in [2.45, 2.75) is 65.3 Å². The smallest absolute Gasteiger partial charge is 0.226 e. The molecule has 2 aromatic rings. The van der Waals surface area contributed by atoms with E-state index in [2.05, 4.69) is 41.2 Å². The van der Waals surface area contributed by atoms with Crippen molar-refractivity contribution in [1.29, 1.82) is 0 Å². The number of hydrogen-bond acceptors (Lipinski definition) is 3. The maximum absolute atomic E-state index is 12.2. The lowest BCUT2D eigenvalue weighted by Crippen LogP contribution is -2.25. The second-order valence-electron chi connectivity index (χ2n) is 7.05. The largest absolute Gasteiger partial charge is 0.345 e. The molecule has 2 N–H and O–H groups in total. The zero-order valence-electron chi connectivity index (χ0n) is 14.8. The third-order valence-electron chi connectivity index (χ3n) is 4.60. The molecular formula is C18H27N5O. The predicted molar refractivity (Wildman–Crippen MR) is 94.0 cm³/mol. The average Bonchev–Trinajstić information content (AvgIpc) is 3.17. The summed E-state index contributed by atoms with van der Waals surface area (Å²) in [7, 11) is 0. The van der Waals surface area contributed by atoms with E-state index in [1.54, 1.807) is 0 Å². The maximum atomic E-state index is 12.2. The Bertz CT molecular complexity index is 700. The Morgan fingerprint density at radius 1 is 1.38 bits per heavy atom. The van der Waals surface area contributed by atoms with E-state index in [-0.39, 0.29) is 11.8 Å². The van der Waals surface area contributed by atoms with E-state index in [4.69, 9.17) is 0 Å². The standard InChI is InChI=1S/C18H27N5O/c1-4-5-6-16-19-11-15(21-16)13-9-17(24)22-18-14(13)10-20-23(18)8-7-12(2)3/h10-13H,4-9H2,1-3H3,(H,19,21)(H,22,24)/t13-/m1/s1. The molecule has 130 valence electrons. The second-order valence-corrected chi connectivity index (χ2v) is 7.05. The topological polar surface area (TPSA) is 75.6 Å². The summed E-state index contributed by atoms with van der Waals surface area (Å²) < 4.78 is 1.92. The third-order valence-corrected chi connectivity index (χ3v) is 4.60. The van der Waals surface area contributed by atoms with Crippen LogP contribution in [0.1, 0.15) is 69.5 Å². The van der Waals surface area contributed by atoms with Gasteiger partial charge in [0, 0.05) is 42.8 Å². The molecule has 3 heterocycles. The third kappa shape index (κ3) is 3.52. The van der Waals surface area contributed by atoms with Crippen LogP contribution < -0.4 is 5.32 Å². The van der Waals surface area contributed by atoms with Gasteiger partial charge in [-0.25, -0.2) is 9.67 Å². The number of anilines is 1. The van der Waals surface area contributed by atoms with E-state index in [1.165, 1.54) is 0 Å². The Morgan fingerprint density at radius 2 is 2.21 bits per heavy atom. The maximum Gasteiger partial charge on any atom is 0.226 e. The van der Waals surface area contributed by atoms with Crippen LogP contribution in [-0.4, -0.2) is 25.7 Å². The minimum atomic E-state index is 0.0180. The zero-order valence-corrected chi connectivity index (χ0v) is 14.8. The molecule has 0 aromatic carbocycles. The van der Waals surface area contributed by atoms with Crippen molar-refractivity contribution in [3.05, 3.63) is 29.5 Å². The van der Waals surface area contributed by atoms with Gasteiger partial charge in [-0.3, -0.25) is 4.79 Å². The van der Waals surface area contributed by atoms with Crippen LogP contribution in [0.4, 0.5) is 5.82 Å². The molecule has 0 fully saturated rings. The highest BCUT2D eigenvalue weighted by atomic mass is 16.1. The van der Waals surface area contributed by atoms with E-state index in [0.717, 1.165) is 55.1 Å². The van der Waals surface area contributed by atoms with Gasteiger partial charge in [0.2, 0.25) is 5.91 Å². The van der Waals surface area contributed by atoms with Crippen LogP contribution in [0, 0.1) is 5.92 Å². The van der Waals surface area contributed by atoms with Gasteiger partial charge in [-0.15, -0.1) is 0 Å². The summed E-state index contributed by atoms with van der Waals surface area (Å²) in [5, 5.41) is 7.50. The molecule has 0 unspecified atom stereocenters. The first-order chi connectivity index (χ1) is 11.6. The second kappa shape index (κ2) is 7.20. The lowest BCUT2D eigenvalue weighted by Gasteiger charge is -2.22. The molecule has 1 aliphatic rings. The first-order valence-corrected chi connectivity index (χ1v) is 8.97. The van der Waals surface area contributed by atoms with Crippen LogP contribution in [0.15, 0.2) is 12.4 Å². The highest BCUT2D eigenvalue weighted by Crippen LogP contribution is 2.36. The molecule has 0 aliphatic carbocycles.